The van der Waals surface area contributed by atoms with Gasteiger partial charge in [0.05, 0.1) is 6.61 Å². The zero-order valence-electron chi connectivity index (χ0n) is 5.88. The first-order chi connectivity index (χ1) is 5.16. The molecule has 0 aliphatic rings. The number of alkyl halides is 1. The van der Waals surface area contributed by atoms with E-state index in [1.807, 2.05) is 0 Å². The Hall–Kier alpha value is -0.580. The van der Waals surface area contributed by atoms with E-state index in [1.165, 1.54) is 0 Å². The van der Waals surface area contributed by atoms with Gasteiger partial charge in [-0.1, -0.05) is 15.9 Å². The Labute approximate surface area is 72.7 Å². The van der Waals surface area contributed by atoms with Gasteiger partial charge in [-0.05, 0) is 6.42 Å². The van der Waals surface area contributed by atoms with Gasteiger partial charge in [-0.15, -0.1) is 0 Å². The van der Waals surface area contributed by atoms with Crippen molar-refractivity contribution in [1.29, 1.82) is 0 Å². The SMILES string of the molecule is O=C(O)CCCOC(=O)CBr. The molecule has 0 aromatic rings. The van der Waals surface area contributed by atoms with Crippen LogP contribution in [0.1, 0.15) is 12.8 Å². The Bertz CT molecular complexity index is 146. The fourth-order valence-electron chi connectivity index (χ4n) is 0.448. The van der Waals surface area contributed by atoms with Crippen LogP contribution in [0, 0.1) is 0 Å². The van der Waals surface area contributed by atoms with Crippen LogP contribution in [0.2, 0.25) is 0 Å². The van der Waals surface area contributed by atoms with Gasteiger partial charge in [-0.2, -0.15) is 0 Å². The highest BCUT2D eigenvalue weighted by Gasteiger charge is 2.00. The van der Waals surface area contributed by atoms with Crippen LogP contribution in [0.3, 0.4) is 0 Å². The molecule has 0 saturated heterocycles. The summed E-state index contributed by atoms with van der Waals surface area (Å²) in [5.41, 5.74) is 0. The Balaban J connectivity index is 3.14. The van der Waals surface area contributed by atoms with Gasteiger partial charge in [-0.25, -0.2) is 0 Å². The lowest BCUT2D eigenvalue weighted by Crippen LogP contribution is -2.07. The van der Waals surface area contributed by atoms with Gasteiger partial charge >= 0.3 is 11.9 Å². The van der Waals surface area contributed by atoms with E-state index in [-0.39, 0.29) is 24.3 Å². The van der Waals surface area contributed by atoms with Crippen molar-refractivity contribution in [2.45, 2.75) is 12.8 Å². The van der Waals surface area contributed by atoms with Gasteiger partial charge in [0.2, 0.25) is 0 Å². The molecule has 0 unspecified atom stereocenters. The Kier molecular flexibility index (Phi) is 5.83. The minimum absolute atomic E-state index is 0.0373. The van der Waals surface area contributed by atoms with Crippen LogP contribution in [-0.4, -0.2) is 29.0 Å². The largest absolute Gasteiger partial charge is 0.481 e. The molecule has 4 nitrogen and oxygen atoms in total. The lowest BCUT2D eigenvalue weighted by Gasteiger charge is -1.99. The lowest BCUT2D eigenvalue weighted by molar-refractivity contribution is -0.142. The zero-order valence-corrected chi connectivity index (χ0v) is 7.46. The van der Waals surface area contributed by atoms with E-state index in [0.717, 1.165) is 0 Å². The van der Waals surface area contributed by atoms with Crippen molar-refractivity contribution in [3.05, 3.63) is 0 Å². The average Bonchev–Trinajstić information content (AvgIpc) is 1.97. The maximum absolute atomic E-state index is 10.4. The number of hydrogen-bond donors (Lipinski definition) is 1. The zero-order chi connectivity index (χ0) is 8.69. The van der Waals surface area contributed by atoms with Gasteiger partial charge in [0.15, 0.2) is 0 Å². The molecule has 1 N–H and O–H groups in total. The third kappa shape index (κ3) is 7.32. The highest BCUT2D eigenvalue weighted by molar-refractivity contribution is 9.09. The minimum Gasteiger partial charge on any atom is -0.481 e. The van der Waals surface area contributed by atoms with Gasteiger partial charge in [0.25, 0.3) is 0 Å². The van der Waals surface area contributed by atoms with E-state index in [0.29, 0.717) is 6.42 Å². The second kappa shape index (κ2) is 6.15. The number of rotatable bonds is 5. The number of ether oxygens (including phenoxy) is 1. The number of carboxylic acid groups (broad SMARTS) is 1. The first-order valence-corrected chi connectivity index (χ1v) is 4.22. The molecule has 5 heteroatoms. The molecular weight excluding hydrogens is 216 g/mol. The molecule has 0 rings (SSSR count). The smallest absolute Gasteiger partial charge is 0.316 e. The number of halogens is 1. The van der Waals surface area contributed by atoms with Gasteiger partial charge in [-0.3, -0.25) is 9.59 Å². The first kappa shape index (κ1) is 10.4. The van der Waals surface area contributed by atoms with Crippen molar-refractivity contribution in [2.24, 2.45) is 0 Å². The second-order valence-corrected chi connectivity index (χ2v) is 2.41. The predicted octanol–water partition coefficient (Wildman–Crippen LogP) is 0.789. The molecule has 0 amide bonds. The lowest BCUT2D eigenvalue weighted by atomic mass is 10.3. The molecule has 0 aromatic heterocycles. The van der Waals surface area contributed by atoms with Crippen LogP contribution in [0.5, 0.6) is 0 Å². The van der Waals surface area contributed by atoms with Crippen LogP contribution in [0.15, 0.2) is 0 Å². The summed E-state index contributed by atoms with van der Waals surface area (Å²) in [5, 5.41) is 8.34. The molecular formula is C6H9BrO4. The quantitative estimate of drug-likeness (QED) is 0.426. The summed E-state index contributed by atoms with van der Waals surface area (Å²) >= 11 is 2.90. The highest BCUT2D eigenvalue weighted by Crippen LogP contribution is 1.92. The Morgan fingerprint density at radius 3 is 2.55 bits per heavy atom. The van der Waals surface area contributed by atoms with Crippen molar-refractivity contribution >= 4 is 27.9 Å². The van der Waals surface area contributed by atoms with Crippen molar-refractivity contribution < 1.29 is 19.4 Å². The third-order valence-corrected chi connectivity index (χ3v) is 1.36. The summed E-state index contributed by atoms with van der Waals surface area (Å²) < 4.78 is 4.59. The van der Waals surface area contributed by atoms with Crippen LogP contribution in [-0.2, 0) is 14.3 Å². The molecule has 64 valence electrons. The number of esters is 1. The third-order valence-electron chi connectivity index (χ3n) is 0.907. The van der Waals surface area contributed by atoms with Gasteiger partial charge in [0.1, 0.15) is 5.33 Å². The molecule has 0 bridgehead atoms. The Morgan fingerprint density at radius 2 is 2.09 bits per heavy atom. The number of carbonyl (C=O) groups is 2. The maximum atomic E-state index is 10.4. The topological polar surface area (TPSA) is 63.6 Å². The van der Waals surface area contributed by atoms with Gasteiger partial charge in [0, 0.05) is 6.42 Å². The molecule has 0 atom stereocenters. The fraction of sp³-hybridized carbons (Fsp3) is 0.667. The molecule has 0 radical (unpaired) electrons. The summed E-state index contributed by atoms with van der Waals surface area (Å²) in [4.78, 5) is 20.4. The minimum atomic E-state index is -0.875. The van der Waals surface area contributed by atoms with E-state index in [4.69, 9.17) is 5.11 Å². The normalized spacial score (nSPS) is 9.18. The molecule has 11 heavy (non-hydrogen) atoms. The molecule has 0 spiro atoms. The van der Waals surface area contributed by atoms with Crippen LogP contribution in [0.25, 0.3) is 0 Å². The van der Waals surface area contributed by atoms with E-state index in [9.17, 15) is 9.59 Å². The van der Waals surface area contributed by atoms with Crippen LogP contribution in [0.4, 0.5) is 0 Å². The summed E-state index contributed by atoms with van der Waals surface area (Å²) in [6.45, 7) is 0.177. The number of hydrogen-bond acceptors (Lipinski definition) is 3. The first-order valence-electron chi connectivity index (χ1n) is 3.10. The summed E-state index contributed by atoms with van der Waals surface area (Å²) in [5.74, 6) is -1.24. The van der Waals surface area contributed by atoms with Crippen LogP contribution >= 0.6 is 15.9 Å². The number of aliphatic carboxylic acids is 1. The molecule has 0 heterocycles. The molecule has 0 saturated carbocycles. The summed E-state index contributed by atoms with van der Waals surface area (Å²) in [7, 11) is 0. The number of carbonyl (C=O) groups excluding carboxylic acids is 1. The summed E-state index contributed by atoms with van der Waals surface area (Å²) in [6, 6.07) is 0. The summed E-state index contributed by atoms with van der Waals surface area (Å²) in [6.07, 6.45) is 0.406. The van der Waals surface area contributed by atoms with Crippen molar-refractivity contribution in [3.63, 3.8) is 0 Å². The van der Waals surface area contributed by atoms with E-state index >= 15 is 0 Å². The predicted molar refractivity (Wildman–Crippen MR) is 41.6 cm³/mol. The number of carboxylic acids is 1. The van der Waals surface area contributed by atoms with E-state index in [1.54, 1.807) is 0 Å². The molecule has 0 fully saturated rings. The highest BCUT2D eigenvalue weighted by atomic mass is 79.9. The van der Waals surface area contributed by atoms with E-state index in [2.05, 4.69) is 20.7 Å². The average molecular weight is 225 g/mol. The molecule has 0 aliphatic carbocycles. The second-order valence-electron chi connectivity index (χ2n) is 1.85. The fourth-order valence-corrected chi connectivity index (χ4v) is 0.610. The van der Waals surface area contributed by atoms with Crippen molar-refractivity contribution in [1.82, 2.24) is 0 Å². The van der Waals surface area contributed by atoms with E-state index < -0.39 is 5.97 Å². The monoisotopic (exact) mass is 224 g/mol. The van der Waals surface area contributed by atoms with Gasteiger partial charge < -0.3 is 9.84 Å². The standard InChI is InChI=1S/C6H9BrO4/c7-4-6(10)11-3-1-2-5(8)9/h1-4H2,(H,8,9). The van der Waals surface area contributed by atoms with Crippen molar-refractivity contribution in [3.8, 4) is 0 Å². The maximum Gasteiger partial charge on any atom is 0.316 e. The molecule has 0 aromatic carbocycles. The molecule has 0 aliphatic heterocycles. The Morgan fingerprint density at radius 1 is 1.45 bits per heavy atom. The van der Waals surface area contributed by atoms with Crippen molar-refractivity contribution in [2.75, 3.05) is 11.9 Å². The van der Waals surface area contributed by atoms with Crippen LogP contribution < -0.4 is 0 Å².